The number of carboxylic acids is 1. The predicted octanol–water partition coefficient (Wildman–Crippen LogP) is 2.05. The van der Waals surface area contributed by atoms with Crippen molar-refractivity contribution in [3.05, 3.63) is 27.7 Å². The highest BCUT2D eigenvalue weighted by Gasteiger charge is 2.39. The monoisotopic (exact) mass is 345 g/mol. The Labute approximate surface area is 124 Å². The molecule has 1 rings (SSSR count). The van der Waals surface area contributed by atoms with Gasteiger partial charge in [0, 0.05) is 10.0 Å². The lowest BCUT2D eigenvalue weighted by atomic mass is 9.80. The van der Waals surface area contributed by atoms with Gasteiger partial charge in [-0.05, 0) is 26.0 Å². The van der Waals surface area contributed by atoms with E-state index in [0.29, 0.717) is 4.47 Å². The van der Waals surface area contributed by atoms with Crippen LogP contribution >= 0.6 is 15.9 Å². The van der Waals surface area contributed by atoms with Crippen LogP contribution in [-0.4, -0.2) is 29.3 Å². The zero-order chi connectivity index (χ0) is 15.7. The first-order valence-corrected chi connectivity index (χ1v) is 6.52. The maximum absolute atomic E-state index is 11.8. The van der Waals surface area contributed by atoms with Gasteiger partial charge in [0.15, 0.2) is 0 Å². The molecule has 6 nitrogen and oxygen atoms in total. The number of methoxy groups -OCH3 is 1. The average Bonchev–Trinajstić information content (AvgIpc) is 2.36. The first-order valence-electron chi connectivity index (χ1n) is 5.73. The van der Waals surface area contributed by atoms with Gasteiger partial charge < -0.3 is 20.7 Å². The molecule has 7 heteroatoms. The third kappa shape index (κ3) is 2.78. The summed E-state index contributed by atoms with van der Waals surface area (Å²) < 4.78 is 5.10. The summed E-state index contributed by atoms with van der Waals surface area (Å²) >= 11 is 3.21. The van der Waals surface area contributed by atoms with E-state index in [4.69, 9.17) is 10.8 Å². The normalized spacial score (nSPS) is 12.8. The van der Waals surface area contributed by atoms with Crippen LogP contribution in [0.1, 0.15) is 35.8 Å². The Morgan fingerprint density at radius 3 is 2.40 bits per heavy atom. The maximum atomic E-state index is 11.8. The van der Waals surface area contributed by atoms with E-state index in [1.165, 1.54) is 19.2 Å². The van der Waals surface area contributed by atoms with Gasteiger partial charge in [0.25, 0.3) is 0 Å². The van der Waals surface area contributed by atoms with Crippen molar-refractivity contribution >= 4 is 27.9 Å². The maximum Gasteiger partial charge on any atom is 0.339 e. The lowest BCUT2D eigenvalue weighted by Gasteiger charge is -2.30. The van der Waals surface area contributed by atoms with Gasteiger partial charge >= 0.3 is 11.9 Å². The fourth-order valence-electron chi connectivity index (χ4n) is 1.80. The summed E-state index contributed by atoms with van der Waals surface area (Å²) in [5.41, 5.74) is 4.78. The van der Waals surface area contributed by atoms with Crippen LogP contribution in [0.4, 0.5) is 0 Å². The van der Waals surface area contributed by atoms with Crippen LogP contribution in [0, 0.1) is 5.41 Å². The Morgan fingerprint density at radius 1 is 1.40 bits per heavy atom. The predicted molar refractivity (Wildman–Crippen MR) is 75.5 cm³/mol. The summed E-state index contributed by atoms with van der Waals surface area (Å²) in [5.74, 6) is -2.30. The Kier molecular flexibility index (Phi) is 4.77. The number of nitrogens with two attached hydrogens (primary N) is 1. The summed E-state index contributed by atoms with van der Waals surface area (Å²) in [7, 11) is 1.24. The second-order valence-corrected chi connectivity index (χ2v) is 5.71. The van der Waals surface area contributed by atoms with Gasteiger partial charge in [0.05, 0.1) is 18.6 Å². The quantitative estimate of drug-likeness (QED) is 0.720. The van der Waals surface area contributed by atoms with E-state index >= 15 is 0 Å². The zero-order valence-electron chi connectivity index (χ0n) is 11.3. The molecule has 0 spiro atoms. The number of halogens is 1. The van der Waals surface area contributed by atoms with Crippen LogP contribution in [-0.2, 0) is 9.53 Å². The summed E-state index contributed by atoms with van der Waals surface area (Å²) in [5, 5.41) is 19.1. The molecule has 0 aliphatic heterocycles. The molecule has 0 bridgehead atoms. The highest BCUT2D eigenvalue weighted by atomic mass is 79.9. The van der Waals surface area contributed by atoms with Crippen LogP contribution in [0.2, 0.25) is 0 Å². The lowest BCUT2D eigenvalue weighted by Crippen LogP contribution is -2.37. The molecule has 1 atom stereocenters. The van der Waals surface area contributed by atoms with Crippen LogP contribution in [0.25, 0.3) is 0 Å². The summed E-state index contributed by atoms with van der Waals surface area (Å²) in [6.07, 6.45) is 0. The molecule has 0 heterocycles. The Hall–Kier alpha value is -1.60. The Morgan fingerprint density at radius 2 is 1.95 bits per heavy atom. The minimum atomic E-state index is -1.28. The van der Waals surface area contributed by atoms with E-state index in [9.17, 15) is 14.7 Å². The van der Waals surface area contributed by atoms with E-state index in [1.54, 1.807) is 13.8 Å². The third-order valence-electron chi connectivity index (χ3n) is 3.19. The number of carboxylic acid groups (broad SMARTS) is 1. The van der Waals surface area contributed by atoms with Gasteiger partial charge in [-0.1, -0.05) is 15.9 Å². The van der Waals surface area contributed by atoms with E-state index in [-0.39, 0.29) is 11.1 Å². The molecule has 0 fully saturated rings. The molecule has 0 aromatic heterocycles. The second kappa shape index (κ2) is 5.80. The number of hydrogen-bond donors (Lipinski definition) is 3. The number of hydrogen-bond acceptors (Lipinski definition) is 5. The minimum absolute atomic E-state index is 0.153. The number of ether oxygens (including phenoxy) is 1. The van der Waals surface area contributed by atoms with E-state index < -0.39 is 29.1 Å². The molecule has 1 aromatic rings. The molecule has 20 heavy (non-hydrogen) atoms. The van der Waals surface area contributed by atoms with Crippen molar-refractivity contribution in [3.63, 3.8) is 0 Å². The van der Waals surface area contributed by atoms with Crippen molar-refractivity contribution in [3.8, 4) is 5.75 Å². The molecule has 0 aliphatic carbocycles. The fraction of sp³-hybridized carbons (Fsp3) is 0.385. The SMILES string of the molecule is COC(=O)C(C)(C)[C@H](N)c1c(Br)ccc(C(=O)O)c1O. The lowest BCUT2D eigenvalue weighted by molar-refractivity contribution is -0.152. The fourth-order valence-corrected chi connectivity index (χ4v) is 2.37. The summed E-state index contributed by atoms with van der Waals surface area (Å²) in [4.78, 5) is 22.8. The van der Waals surface area contributed by atoms with Crippen LogP contribution in [0.15, 0.2) is 16.6 Å². The molecule has 0 saturated carbocycles. The molecule has 110 valence electrons. The minimum Gasteiger partial charge on any atom is -0.507 e. The number of rotatable bonds is 4. The first-order chi connectivity index (χ1) is 9.14. The number of aromatic hydroxyl groups is 1. The number of phenols is 1. The van der Waals surface area contributed by atoms with Gasteiger partial charge in [0.1, 0.15) is 11.3 Å². The molecule has 0 unspecified atom stereocenters. The highest BCUT2D eigenvalue weighted by molar-refractivity contribution is 9.10. The van der Waals surface area contributed by atoms with E-state index in [1.807, 2.05) is 0 Å². The zero-order valence-corrected chi connectivity index (χ0v) is 12.9. The number of esters is 1. The topological polar surface area (TPSA) is 110 Å². The van der Waals surface area contributed by atoms with Crippen LogP contribution in [0.3, 0.4) is 0 Å². The molecule has 1 aromatic carbocycles. The number of carbonyl (C=O) groups is 2. The van der Waals surface area contributed by atoms with Gasteiger partial charge in [-0.15, -0.1) is 0 Å². The average molecular weight is 346 g/mol. The molecule has 0 radical (unpaired) electrons. The second-order valence-electron chi connectivity index (χ2n) is 4.85. The summed E-state index contributed by atoms with van der Waals surface area (Å²) in [6.45, 7) is 3.12. The Balaban J connectivity index is 3.43. The van der Waals surface area contributed by atoms with Crippen molar-refractivity contribution in [1.29, 1.82) is 0 Å². The van der Waals surface area contributed by atoms with E-state index in [2.05, 4.69) is 20.7 Å². The molecule has 0 aliphatic rings. The molecule has 0 amide bonds. The van der Waals surface area contributed by atoms with Gasteiger partial charge in [0.2, 0.25) is 0 Å². The summed E-state index contributed by atoms with van der Waals surface area (Å²) in [6, 6.07) is 1.78. The molecule has 4 N–H and O–H groups in total. The van der Waals surface area contributed by atoms with Crippen molar-refractivity contribution in [2.24, 2.45) is 11.1 Å². The largest absolute Gasteiger partial charge is 0.507 e. The molecular formula is C13H16BrNO5. The Bertz CT molecular complexity index is 556. The first kappa shape index (κ1) is 16.5. The number of carbonyl (C=O) groups excluding carboxylic acids is 1. The van der Waals surface area contributed by atoms with Gasteiger partial charge in [-0.25, -0.2) is 4.79 Å². The van der Waals surface area contributed by atoms with Crippen LogP contribution in [0.5, 0.6) is 5.75 Å². The molecule has 0 saturated heterocycles. The van der Waals surface area contributed by atoms with Crippen molar-refractivity contribution in [2.75, 3.05) is 7.11 Å². The van der Waals surface area contributed by atoms with Gasteiger partial charge in [-0.2, -0.15) is 0 Å². The number of benzene rings is 1. The van der Waals surface area contributed by atoms with Crippen LogP contribution < -0.4 is 5.73 Å². The van der Waals surface area contributed by atoms with Crippen molar-refractivity contribution in [2.45, 2.75) is 19.9 Å². The number of aromatic carboxylic acids is 1. The van der Waals surface area contributed by atoms with Crippen molar-refractivity contribution < 1.29 is 24.5 Å². The van der Waals surface area contributed by atoms with Crippen molar-refractivity contribution in [1.82, 2.24) is 0 Å². The van der Waals surface area contributed by atoms with Gasteiger partial charge in [-0.3, -0.25) is 4.79 Å². The van der Waals surface area contributed by atoms with E-state index in [0.717, 1.165) is 0 Å². The smallest absolute Gasteiger partial charge is 0.339 e. The standard InChI is InChI=1S/C13H16BrNO5/c1-13(2,12(19)20-3)10(15)8-7(14)5-4-6(9(8)16)11(17)18/h4-5,10,16H,15H2,1-3H3,(H,17,18)/t10-/m1/s1. The highest BCUT2D eigenvalue weighted by Crippen LogP contribution is 2.41. The molecular weight excluding hydrogens is 330 g/mol. The third-order valence-corrected chi connectivity index (χ3v) is 3.89.